The van der Waals surface area contributed by atoms with Crippen molar-refractivity contribution in [3.63, 3.8) is 0 Å². The second-order valence-electron chi connectivity index (χ2n) is 11.1. The lowest BCUT2D eigenvalue weighted by Crippen LogP contribution is -2.58. The van der Waals surface area contributed by atoms with Crippen LogP contribution >= 0.6 is 11.8 Å². The summed E-state index contributed by atoms with van der Waals surface area (Å²) >= 11 is 1.46. The molecule has 0 amide bonds. The van der Waals surface area contributed by atoms with Gasteiger partial charge in [-0.05, 0) is 80.6 Å². The molecule has 3 fully saturated rings. The molecule has 7 atom stereocenters. The Morgan fingerprint density at radius 1 is 1.16 bits per heavy atom. The van der Waals surface area contributed by atoms with Crippen LogP contribution in [0, 0.1) is 28.6 Å². The molecule has 0 aromatic heterocycles. The summed E-state index contributed by atoms with van der Waals surface area (Å²) in [5.41, 5.74) is 0.572. The van der Waals surface area contributed by atoms with Gasteiger partial charge in [0.1, 0.15) is 5.60 Å². The highest BCUT2D eigenvalue weighted by molar-refractivity contribution is 8.14. The summed E-state index contributed by atoms with van der Waals surface area (Å²) in [5.74, 6) is 1.16. The molecule has 6 heteroatoms. The first kappa shape index (κ1) is 24.0. The molecule has 5 nitrogen and oxygen atoms in total. The van der Waals surface area contributed by atoms with Crippen LogP contribution in [0.4, 0.5) is 0 Å². The lowest BCUT2D eigenvalue weighted by Gasteiger charge is -2.61. The summed E-state index contributed by atoms with van der Waals surface area (Å²) in [7, 11) is 0. The van der Waals surface area contributed by atoms with Gasteiger partial charge in [-0.25, -0.2) is 0 Å². The van der Waals surface area contributed by atoms with E-state index in [9.17, 15) is 19.5 Å². The first-order valence-electron chi connectivity index (χ1n) is 12.3. The topological polar surface area (TPSA) is 80.7 Å². The fourth-order valence-corrected chi connectivity index (χ4v) is 9.42. The van der Waals surface area contributed by atoms with Gasteiger partial charge in [-0.15, -0.1) is 0 Å². The van der Waals surface area contributed by atoms with Crippen molar-refractivity contribution in [2.75, 3.05) is 6.61 Å². The Morgan fingerprint density at radius 2 is 1.88 bits per heavy atom. The number of ketones is 1. The molecule has 0 spiro atoms. The molecule has 0 aromatic carbocycles. The molecule has 0 radical (unpaired) electrons. The highest BCUT2D eigenvalue weighted by Crippen LogP contribution is 2.70. The standard InChI is InChI=1S/C26H38O5S/c1-16(28)31-26(9-5-13-27)12-8-21-23-20(7-11-25(21,26)4)24(3)10-6-19(30)14-18(24)15-22(23)32-17(2)29/h14,20-23,27H,5-13,15H2,1-4H3/t20-,21+,22?,23-,24+,25+,26?/m1/s1. The minimum atomic E-state index is -0.539. The van der Waals surface area contributed by atoms with E-state index >= 15 is 0 Å². The van der Waals surface area contributed by atoms with Crippen molar-refractivity contribution < 1.29 is 24.2 Å². The molecule has 4 aliphatic carbocycles. The lowest BCUT2D eigenvalue weighted by molar-refractivity contribution is -0.184. The first-order chi connectivity index (χ1) is 15.1. The van der Waals surface area contributed by atoms with Crippen LogP contribution in [-0.4, -0.2) is 39.4 Å². The number of hydrogen-bond donors (Lipinski definition) is 1. The Balaban J connectivity index is 1.75. The maximum Gasteiger partial charge on any atom is 0.303 e. The third-order valence-corrected chi connectivity index (χ3v) is 10.8. The smallest absolute Gasteiger partial charge is 0.303 e. The van der Waals surface area contributed by atoms with Crippen LogP contribution in [0.1, 0.15) is 85.5 Å². The van der Waals surface area contributed by atoms with Crippen LogP contribution < -0.4 is 0 Å². The molecule has 1 N–H and O–H groups in total. The normalized spacial score (nSPS) is 43.0. The first-order valence-corrected chi connectivity index (χ1v) is 13.2. The number of carbonyl (C=O) groups excluding carboxylic acids is 3. The van der Waals surface area contributed by atoms with Gasteiger partial charge in [0.25, 0.3) is 0 Å². The van der Waals surface area contributed by atoms with Crippen LogP contribution in [0.2, 0.25) is 0 Å². The third kappa shape index (κ3) is 3.70. The Morgan fingerprint density at radius 3 is 2.53 bits per heavy atom. The number of fused-ring (bicyclic) bond motifs is 5. The van der Waals surface area contributed by atoms with Crippen molar-refractivity contribution in [2.24, 2.45) is 28.6 Å². The van der Waals surface area contributed by atoms with E-state index in [1.54, 1.807) is 6.92 Å². The van der Waals surface area contributed by atoms with Crippen LogP contribution in [0.25, 0.3) is 0 Å². The van der Waals surface area contributed by atoms with Gasteiger partial charge in [-0.2, -0.15) is 0 Å². The van der Waals surface area contributed by atoms with E-state index in [2.05, 4.69) is 13.8 Å². The Kier molecular flexibility index (Phi) is 6.43. The maximum absolute atomic E-state index is 12.3. The molecular formula is C26H38O5S. The van der Waals surface area contributed by atoms with E-state index in [0.29, 0.717) is 37.0 Å². The molecule has 2 unspecified atom stereocenters. The van der Waals surface area contributed by atoms with Crippen LogP contribution in [0.15, 0.2) is 11.6 Å². The highest BCUT2D eigenvalue weighted by Gasteiger charge is 2.67. The predicted octanol–water partition coefficient (Wildman–Crippen LogP) is 4.85. The second kappa shape index (κ2) is 8.57. The maximum atomic E-state index is 12.3. The molecule has 3 saturated carbocycles. The van der Waals surface area contributed by atoms with Crippen LogP contribution in [0.5, 0.6) is 0 Å². The zero-order valence-electron chi connectivity index (χ0n) is 19.9. The predicted molar refractivity (Wildman–Crippen MR) is 125 cm³/mol. The fraction of sp³-hybridized carbons (Fsp3) is 0.808. The van der Waals surface area contributed by atoms with Gasteiger partial charge in [0.05, 0.1) is 0 Å². The van der Waals surface area contributed by atoms with E-state index in [1.807, 2.05) is 6.08 Å². The second-order valence-corrected chi connectivity index (χ2v) is 12.5. The number of aliphatic hydroxyl groups is 1. The molecule has 0 aromatic rings. The number of aliphatic hydroxyl groups excluding tert-OH is 1. The molecule has 178 valence electrons. The summed E-state index contributed by atoms with van der Waals surface area (Å²) in [5, 5.41) is 9.85. The number of rotatable bonds is 5. The lowest BCUT2D eigenvalue weighted by atomic mass is 9.46. The van der Waals surface area contributed by atoms with Gasteiger partial charge in [0.15, 0.2) is 10.9 Å². The van der Waals surface area contributed by atoms with Gasteiger partial charge >= 0.3 is 5.97 Å². The third-order valence-electron chi connectivity index (χ3n) is 9.65. The Bertz CT molecular complexity index is 836. The zero-order chi connectivity index (χ0) is 23.3. The molecule has 0 heterocycles. The van der Waals surface area contributed by atoms with Crippen molar-refractivity contribution in [3.8, 4) is 0 Å². The number of thioether (sulfide) groups is 1. The van der Waals surface area contributed by atoms with Crippen molar-refractivity contribution in [2.45, 2.75) is 96.3 Å². The quantitative estimate of drug-likeness (QED) is 0.588. The summed E-state index contributed by atoms with van der Waals surface area (Å²) in [6.07, 6.45) is 9.34. The minimum Gasteiger partial charge on any atom is -0.459 e. The van der Waals surface area contributed by atoms with E-state index in [4.69, 9.17) is 4.74 Å². The van der Waals surface area contributed by atoms with Gasteiger partial charge in [0, 0.05) is 37.5 Å². The summed E-state index contributed by atoms with van der Waals surface area (Å²) < 4.78 is 6.14. The number of hydrogen-bond acceptors (Lipinski definition) is 6. The summed E-state index contributed by atoms with van der Waals surface area (Å²) in [6, 6.07) is 0. The zero-order valence-corrected chi connectivity index (χ0v) is 20.8. The van der Waals surface area contributed by atoms with Crippen LogP contribution in [-0.2, 0) is 19.1 Å². The Labute approximate surface area is 196 Å². The van der Waals surface area contributed by atoms with E-state index in [1.165, 1.54) is 24.3 Å². The molecule has 0 bridgehead atoms. The fourth-order valence-electron chi connectivity index (χ4n) is 8.20. The van der Waals surface area contributed by atoms with Gasteiger partial charge < -0.3 is 9.84 Å². The van der Waals surface area contributed by atoms with Crippen molar-refractivity contribution >= 4 is 28.6 Å². The number of allylic oxidation sites excluding steroid dienone is 1. The molecule has 0 saturated heterocycles. The average molecular weight is 463 g/mol. The van der Waals surface area contributed by atoms with E-state index in [0.717, 1.165) is 38.5 Å². The Hall–Kier alpha value is -1.14. The highest BCUT2D eigenvalue weighted by atomic mass is 32.2. The minimum absolute atomic E-state index is 0.0194. The van der Waals surface area contributed by atoms with Gasteiger partial charge in [0.2, 0.25) is 0 Å². The van der Waals surface area contributed by atoms with E-state index in [-0.39, 0.29) is 39.6 Å². The van der Waals surface area contributed by atoms with Crippen molar-refractivity contribution in [3.05, 3.63) is 11.6 Å². The number of carbonyl (C=O) groups is 3. The molecule has 4 rings (SSSR count). The molecule has 0 aliphatic heterocycles. The van der Waals surface area contributed by atoms with Gasteiger partial charge in [-0.3, -0.25) is 14.4 Å². The van der Waals surface area contributed by atoms with E-state index < -0.39 is 5.60 Å². The summed E-state index contributed by atoms with van der Waals surface area (Å²) in [6.45, 7) is 7.89. The van der Waals surface area contributed by atoms with Crippen LogP contribution in [0.3, 0.4) is 0 Å². The SMILES string of the molecule is CC(=O)OC1(CCCO)CC[C@H]2[C@@H]3C(SC(C)=O)CC4=CC(=O)CC[C@]4(C)[C@@H]3CC[C@@]21C. The molecule has 4 aliphatic rings. The monoisotopic (exact) mass is 462 g/mol. The summed E-state index contributed by atoms with van der Waals surface area (Å²) in [4.78, 5) is 36.7. The average Bonchev–Trinajstić information content (AvgIpc) is 2.99. The van der Waals surface area contributed by atoms with Crippen molar-refractivity contribution in [1.82, 2.24) is 0 Å². The molecular weight excluding hydrogens is 424 g/mol. The number of esters is 1. The van der Waals surface area contributed by atoms with Gasteiger partial charge in [-0.1, -0.05) is 31.2 Å². The molecule has 32 heavy (non-hydrogen) atoms. The largest absolute Gasteiger partial charge is 0.459 e. The van der Waals surface area contributed by atoms with Crippen molar-refractivity contribution in [1.29, 1.82) is 0 Å². The number of ether oxygens (including phenoxy) is 1.